The van der Waals surface area contributed by atoms with Gasteiger partial charge in [-0.2, -0.15) is 0 Å². The number of aliphatic hydroxyl groups excluding tert-OH is 2. The highest BCUT2D eigenvalue weighted by atomic mass is 16.7. The van der Waals surface area contributed by atoms with Crippen LogP contribution < -0.4 is 5.73 Å². The molecular weight excluding hydrogens is 360 g/mol. The number of hydrogen-bond donors (Lipinski definition) is 3. The Morgan fingerprint density at radius 1 is 1.19 bits per heavy atom. The van der Waals surface area contributed by atoms with Gasteiger partial charge in [0.05, 0.1) is 0 Å². The van der Waals surface area contributed by atoms with Gasteiger partial charge in [0.2, 0.25) is 5.82 Å². The first-order valence-corrected chi connectivity index (χ1v) is 8.01. The van der Waals surface area contributed by atoms with Crippen molar-refractivity contribution in [3.8, 4) is 0 Å². The zero-order chi connectivity index (χ0) is 19.4. The molecule has 0 aliphatic carbocycles. The van der Waals surface area contributed by atoms with Gasteiger partial charge in [-0.15, -0.1) is 5.10 Å². The van der Waals surface area contributed by atoms with Crippen LogP contribution in [0.4, 0.5) is 4.79 Å². The molecule has 0 bridgehead atoms. The molecule has 3 rings (SSSR count). The van der Waals surface area contributed by atoms with Crippen molar-refractivity contribution in [2.45, 2.75) is 31.1 Å². The zero-order valence-corrected chi connectivity index (χ0v) is 14.0. The summed E-state index contributed by atoms with van der Waals surface area (Å²) in [4.78, 5) is 26.4. The molecule has 4 unspecified atom stereocenters. The number of amides is 1. The molecule has 0 saturated carbocycles. The molecule has 1 aromatic carbocycles. The molecule has 27 heavy (non-hydrogen) atoms. The monoisotopic (exact) mass is 378 g/mol. The number of hydrogen-bond acceptors (Lipinski definition) is 9. The minimum atomic E-state index is -1.37. The third-order valence-electron chi connectivity index (χ3n) is 3.89. The molecule has 144 valence electrons. The van der Waals surface area contributed by atoms with E-state index < -0.39 is 36.6 Å². The highest BCUT2D eigenvalue weighted by molar-refractivity contribution is 5.88. The first-order chi connectivity index (χ1) is 13.0. The number of nitrogens with two attached hydrogens (primary N) is 1. The van der Waals surface area contributed by atoms with Crippen molar-refractivity contribution in [1.29, 1.82) is 0 Å². The molecule has 1 aromatic heterocycles. The van der Waals surface area contributed by atoms with Crippen molar-refractivity contribution in [3.05, 3.63) is 48.0 Å². The molecule has 0 radical (unpaired) electrons. The number of rotatable bonds is 6. The van der Waals surface area contributed by atoms with Crippen LogP contribution >= 0.6 is 0 Å². The molecule has 2 aromatic rings. The number of carbonyl (C=O) groups is 2. The largest absolute Gasteiger partial charge is 0.508 e. The van der Waals surface area contributed by atoms with Gasteiger partial charge in [-0.25, -0.2) is 14.5 Å². The molecule has 1 fully saturated rings. The van der Waals surface area contributed by atoms with E-state index in [9.17, 15) is 19.8 Å². The average molecular weight is 378 g/mol. The Kier molecular flexibility index (Phi) is 5.64. The maximum absolute atomic E-state index is 11.7. The van der Waals surface area contributed by atoms with Crippen molar-refractivity contribution < 1.29 is 34.0 Å². The molecule has 0 spiro atoms. The second-order valence-electron chi connectivity index (χ2n) is 5.79. The molecule has 4 atom stereocenters. The summed E-state index contributed by atoms with van der Waals surface area (Å²) in [5.74, 6) is -1.10. The zero-order valence-electron chi connectivity index (χ0n) is 14.0. The summed E-state index contributed by atoms with van der Waals surface area (Å²) in [6.07, 6.45) is -4.66. The van der Waals surface area contributed by atoms with E-state index in [4.69, 9.17) is 19.9 Å². The summed E-state index contributed by atoms with van der Waals surface area (Å²) in [5.41, 5.74) is 5.86. The molecule has 2 heterocycles. The van der Waals surface area contributed by atoms with E-state index in [2.05, 4.69) is 10.1 Å². The van der Waals surface area contributed by atoms with Crippen molar-refractivity contribution in [1.82, 2.24) is 14.8 Å². The number of carbonyl (C=O) groups excluding carboxylic acids is 2. The van der Waals surface area contributed by atoms with E-state index in [1.807, 2.05) is 18.2 Å². The van der Waals surface area contributed by atoms with E-state index in [1.165, 1.54) is 0 Å². The Balaban J connectivity index is 1.51. The van der Waals surface area contributed by atoms with Gasteiger partial charge in [-0.1, -0.05) is 30.3 Å². The lowest BCUT2D eigenvalue weighted by atomic mass is 10.1. The predicted molar refractivity (Wildman–Crippen MR) is 87.0 cm³/mol. The van der Waals surface area contributed by atoms with Crippen LogP contribution in [0.2, 0.25) is 0 Å². The van der Waals surface area contributed by atoms with E-state index >= 15 is 0 Å². The molecule has 11 nitrogen and oxygen atoms in total. The Morgan fingerprint density at radius 2 is 1.93 bits per heavy atom. The summed E-state index contributed by atoms with van der Waals surface area (Å²) in [5, 5.41) is 23.9. The second-order valence-corrected chi connectivity index (χ2v) is 5.79. The molecule has 4 N–H and O–H groups in total. The van der Waals surface area contributed by atoms with Gasteiger partial charge in [-0.3, -0.25) is 4.79 Å². The van der Waals surface area contributed by atoms with Crippen molar-refractivity contribution in [2.75, 3.05) is 6.61 Å². The average Bonchev–Trinajstić information content (AvgIpc) is 3.26. The standard InChI is InChI=1S/C16H18N4O7/c17-13(23)14-18-8-20(19-14)15-12(22)11(21)10(27-15)7-26-16(24)25-6-9-4-2-1-3-5-9/h1-5,8,10-12,15,21-22H,6-7H2,(H2,17,23). The van der Waals surface area contributed by atoms with Crippen LogP contribution in [-0.2, 0) is 20.8 Å². The smallest absolute Gasteiger partial charge is 0.431 e. The molecule has 1 aliphatic rings. The first-order valence-electron chi connectivity index (χ1n) is 8.01. The van der Waals surface area contributed by atoms with Gasteiger partial charge >= 0.3 is 6.16 Å². The Labute approximate surface area is 153 Å². The van der Waals surface area contributed by atoms with Crippen LogP contribution in [0.25, 0.3) is 0 Å². The van der Waals surface area contributed by atoms with Crippen LogP contribution in [0.15, 0.2) is 36.7 Å². The first kappa shape index (κ1) is 18.8. The van der Waals surface area contributed by atoms with Gasteiger partial charge in [0.25, 0.3) is 5.91 Å². The molecular formula is C16H18N4O7. The summed E-state index contributed by atoms with van der Waals surface area (Å²) in [6.45, 7) is -0.312. The lowest BCUT2D eigenvalue weighted by Crippen LogP contribution is -2.34. The highest BCUT2D eigenvalue weighted by Gasteiger charge is 2.45. The van der Waals surface area contributed by atoms with E-state index in [0.29, 0.717) is 0 Å². The van der Waals surface area contributed by atoms with Crippen LogP contribution in [-0.4, -0.2) is 62.0 Å². The highest BCUT2D eigenvalue weighted by Crippen LogP contribution is 2.29. The van der Waals surface area contributed by atoms with Gasteiger partial charge in [0, 0.05) is 0 Å². The molecule has 1 amide bonds. The number of benzene rings is 1. The topological polar surface area (TPSA) is 159 Å². The Hall–Kier alpha value is -3.02. The molecule has 1 aliphatic heterocycles. The van der Waals surface area contributed by atoms with Crippen LogP contribution in [0.3, 0.4) is 0 Å². The summed E-state index contributed by atoms with van der Waals surface area (Å²) in [6, 6.07) is 9.03. The third-order valence-corrected chi connectivity index (χ3v) is 3.89. The lowest BCUT2D eigenvalue weighted by molar-refractivity contribution is -0.0678. The van der Waals surface area contributed by atoms with Crippen LogP contribution in [0, 0.1) is 0 Å². The van der Waals surface area contributed by atoms with E-state index in [0.717, 1.165) is 16.6 Å². The number of aliphatic hydroxyl groups is 2. The Bertz CT molecular complexity index is 797. The second kappa shape index (κ2) is 8.12. The van der Waals surface area contributed by atoms with Crippen LogP contribution in [0.5, 0.6) is 0 Å². The number of aromatic nitrogens is 3. The van der Waals surface area contributed by atoms with Crippen molar-refractivity contribution in [2.24, 2.45) is 5.73 Å². The van der Waals surface area contributed by atoms with Gasteiger partial charge in [0.1, 0.15) is 37.9 Å². The van der Waals surface area contributed by atoms with Crippen molar-refractivity contribution >= 4 is 12.1 Å². The summed E-state index contributed by atoms with van der Waals surface area (Å²) in [7, 11) is 0. The SMILES string of the molecule is NC(=O)c1ncn(C2OC(COC(=O)OCc3ccccc3)C(O)C2O)n1. The fourth-order valence-corrected chi connectivity index (χ4v) is 2.50. The van der Waals surface area contributed by atoms with Gasteiger partial charge in [0.15, 0.2) is 6.23 Å². The van der Waals surface area contributed by atoms with Crippen LogP contribution in [0.1, 0.15) is 22.4 Å². The quantitative estimate of drug-likeness (QED) is 0.555. The number of ether oxygens (including phenoxy) is 3. The fourth-order valence-electron chi connectivity index (χ4n) is 2.50. The van der Waals surface area contributed by atoms with E-state index in [1.54, 1.807) is 12.1 Å². The number of nitrogens with zero attached hydrogens (tertiary/aromatic N) is 3. The summed E-state index contributed by atoms with van der Waals surface area (Å²) >= 11 is 0. The molecule has 1 saturated heterocycles. The lowest BCUT2D eigenvalue weighted by Gasteiger charge is -2.14. The predicted octanol–water partition coefficient (Wildman–Crippen LogP) is -0.650. The maximum atomic E-state index is 11.7. The van der Waals surface area contributed by atoms with Gasteiger partial charge < -0.3 is 30.2 Å². The van der Waals surface area contributed by atoms with E-state index in [-0.39, 0.29) is 19.0 Å². The Morgan fingerprint density at radius 3 is 2.59 bits per heavy atom. The third kappa shape index (κ3) is 4.39. The van der Waals surface area contributed by atoms with Gasteiger partial charge in [-0.05, 0) is 5.56 Å². The minimum absolute atomic E-state index is 0.0356. The summed E-state index contributed by atoms with van der Waals surface area (Å²) < 4.78 is 16.4. The molecule has 11 heteroatoms. The fraction of sp³-hybridized carbons (Fsp3) is 0.375. The normalized spacial score (nSPS) is 24.5. The minimum Gasteiger partial charge on any atom is -0.431 e. The number of primary amides is 1. The maximum Gasteiger partial charge on any atom is 0.508 e. The van der Waals surface area contributed by atoms with Crippen molar-refractivity contribution in [3.63, 3.8) is 0 Å².